The predicted molar refractivity (Wildman–Crippen MR) is 76.0 cm³/mol. The summed E-state index contributed by atoms with van der Waals surface area (Å²) < 4.78 is 5.28. The normalized spacial score (nSPS) is 16.0. The van der Waals surface area contributed by atoms with E-state index in [1.54, 1.807) is 12.1 Å². The van der Waals surface area contributed by atoms with Crippen molar-refractivity contribution in [2.24, 2.45) is 11.7 Å². The second-order valence-corrected chi connectivity index (χ2v) is 5.00. The number of carbonyl (C=O) groups is 1. The van der Waals surface area contributed by atoms with E-state index in [1.807, 2.05) is 0 Å². The minimum Gasteiger partial charge on any atom is -0.389 e. The summed E-state index contributed by atoms with van der Waals surface area (Å²) in [4.78, 5) is 16.2. The number of aromatic nitrogens is 1. The van der Waals surface area contributed by atoms with Gasteiger partial charge in [0, 0.05) is 31.5 Å². The lowest BCUT2D eigenvalue weighted by atomic mass is 10.0. The molecule has 1 amide bonds. The van der Waals surface area contributed by atoms with Crippen LogP contribution in [0.1, 0.15) is 28.9 Å². The van der Waals surface area contributed by atoms with Gasteiger partial charge in [0.15, 0.2) is 0 Å². The predicted octanol–water partition coefficient (Wildman–Crippen LogP) is 0.872. The van der Waals surface area contributed by atoms with Crippen molar-refractivity contribution in [3.63, 3.8) is 0 Å². The highest BCUT2D eigenvalue weighted by Gasteiger charge is 2.15. The van der Waals surface area contributed by atoms with Crippen LogP contribution in [-0.4, -0.2) is 35.6 Å². The van der Waals surface area contributed by atoms with E-state index >= 15 is 0 Å². The number of nitrogens with two attached hydrogens (primary N) is 1. The molecule has 0 saturated carbocycles. The number of thiocarbonyl (C=S) groups is 1. The summed E-state index contributed by atoms with van der Waals surface area (Å²) in [5, 5.41) is 2.90. The summed E-state index contributed by atoms with van der Waals surface area (Å²) >= 11 is 4.83. The molecule has 1 fully saturated rings. The van der Waals surface area contributed by atoms with Gasteiger partial charge < -0.3 is 15.8 Å². The third-order valence-corrected chi connectivity index (χ3v) is 3.41. The molecule has 1 aliphatic rings. The largest absolute Gasteiger partial charge is 0.389 e. The Balaban J connectivity index is 1.86. The molecule has 0 radical (unpaired) electrons. The Hall–Kier alpha value is -1.53. The summed E-state index contributed by atoms with van der Waals surface area (Å²) in [6.07, 6.45) is 3.51. The van der Waals surface area contributed by atoms with Crippen LogP contribution in [0.15, 0.2) is 18.3 Å². The third-order valence-electron chi connectivity index (χ3n) is 3.17. The minimum absolute atomic E-state index is 0.166. The van der Waals surface area contributed by atoms with E-state index in [9.17, 15) is 4.79 Å². The highest BCUT2D eigenvalue weighted by molar-refractivity contribution is 7.80. The molecular weight excluding hydrogens is 262 g/mol. The SMILES string of the molecule is NC(=S)c1ccc(C(=O)NCC2CCOCC2)nc1. The summed E-state index contributed by atoms with van der Waals surface area (Å²) in [5.74, 6) is 0.328. The lowest BCUT2D eigenvalue weighted by Crippen LogP contribution is -2.32. The zero-order valence-corrected chi connectivity index (χ0v) is 11.4. The van der Waals surface area contributed by atoms with Crippen molar-refractivity contribution >= 4 is 23.1 Å². The topological polar surface area (TPSA) is 77.2 Å². The van der Waals surface area contributed by atoms with Gasteiger partial charge >= 0.3 is 0 Å². The van der Waals surface area contributed by atoms with Crippen molar-refractivity contribution in [2.75, 3.05) is 19.8 Å². The van der Waals surface area contributed by atoms with E-state index in [0.717, 1.165) is 26.1 Å². The summed E-state index contributed by atoms with van der Waals surface area (Å²) in [6, 6.07) is 3.34. The molecule has 1 aliphatic heterocycles. The van der Waals surface area contributed by atoms with Gasteiger partial charge in [-0.2, -0.15) is 0 Å². The van der Waals surface area contributed by atoms with Crippen LogP contribution in [-0.2, 0) is 4.74 Å². The number of nitrogens with one attached hydrogen (secondary N) is 1. The van der Waals surface area contributed by atoms with Gasteiger partial charge in [-0.15, -0.1) is 0 Å². The maximum atomic E-state index is 11.9. The van der Waals surface area contributed by atoms with Gasteiger partial charge in [-0.25, -0.2) is 0 Å². The molecular formula is C13H17N3O2S. The highest BCUT2D eigenvalue weighted by atomic mass is 32.1. The Bertz CT molecular complexity index is 455. The molecule has 0 bridgehead atoms. The van der Waals surface area contributed by atoms with Gasteiger partial charge in [0.25, 0.3) is 5.91 Å². The van der Waals surface area contributed by atoms with Crippen LogP contribution in [0, 0.1) is 5.92 Å². The Morgan fingerprint density at radius 1 is 1.47 bits per heavy atom. The van der Waals surface area contributed by atoms with Gasteiger partial charge in [-0.3, -0.25) is 9.78 Å². The first kappa shape index (κ1) is 13.9. The Morgan fingerprint density at radius 3 is 2.79 bits per heavy atom. The first-order chi connectivity index (χ1) is 9.16. The standard InChI is InChI=1S/C13H17N3O2S/c14-12(19)10-1-2-11(15-8-10)13(17)16-7-9-3-5-18-6-4-9/h1-2,8-9H,3-7H2,(H2,14,19)(H,16,17). The molecule has 1 aromatic heterocycles. The van der Waals surface area contributed by atoms with Gasteiger partial charge in [-0.1, -0.05) is 12.2 Å². The molecule has 2 heterocycles. The zero-order chi connectivity index (χ0) is 13.7. The molecule has 6 heteroatoms. The van der Waals surface area contributed by atoms with Crippen molar-refractivity contribution in [2.45, 2.75) is 12.8 Å². The summed E-state index contributed by atoms with van der Waals surface area (Å²) in [7, 11) is 0. The second kappa shape index (κ2) is 6.58. The van der Waals surface area contributed by atoms with E-state index in [2.05, 4.69) is 10.3 Å². The van der Waals surface area contributed by atoms with Crippen molar-refractivity contribution in [1.82, 2.24) is 10.3 Å². The van der Waals surface area contributed by atoms with Crippen LogP contribution in [0.3, 0.4) is 0 Å². The molecule has 0 aliphatic carbocycles. The van der Waals surface area contributed by atoms with Crippen molar-refractivity contribution in [1.29, 1.82) is 0 Å². The zero-order valence-electron chi connectivity index (χ0n) is 10.6. The molecule has 0 atom stereocenters. The molecule has 3 N–H and O–H groups in total. The maximum Gasteiger partial charge on any atom is 0.269 e. The lowest BCUT2D eigenvalue weighted by molar-refractivity contribution is 0.0642. The maximum absolute atomic E-state index is 11.9. The summed E-state index contributed by atoms with van der Waals surface area (Å²) in [5.41, 5.74) is 6.52. The van der Waals surface area contributed by atoms with Crippen LogP contribution in [0.25, 0.3) is 0 Å². The molecule has 19 heavy (non-hydrogen) atoms. The van der Waals surface area contributed by atoms with Crippen LogP contribution < -0.4 is 11.1 Å². The Kier molecular flexibility index (Phi) is 4.81. The number of ether oxygens (including phenoxy) is 1. The fraction of sp³-hybridized carbons (Fsp3) is 0.462. The van der Waals surface area contributed by atoms with E-state index in [-0.39, 0.29) is 10.9 Å². The van der Waals surface area contributed by atoms with Gasteiger partial charge in [0.05, 0.1) is 0 Å². The number of hydrogen-bond acceptors (Lipinski definition) is 4. The van der Waals surface area contributed by atoms with Gasteiger partial charge in [0.1, 0.15) is 10.7 Å². The molecule has 0 unspecified atom stereocenters. The van der Waals surface area contributed by atoms with E-state index in [0.29, 0.717) is 23.7 Å². The fourth-order valence-electron chi connectivity index (χ4n) is 1.95. The first-order valence-electron chi connectivity index (χ1n) is 6.28. The number of hydrogen-bond donors (Lipinski definition) is 2. The molecule has 102 valence electrons. The Morgan fingerprint density at radius 2 is 2.21 bits per heavy atom. The van der Waals surface area contributed by atoms with Crippen molar-refractivity contribution in [3.05, 3.63) is 29.6 Å². The molecule has 2 rings (SSSR count). The lowest BCUT2D eigenvalue weighted by Gasteiger charge is -2.22. The minimum atomic E-state index is -0.166. The number of carbonyl (C=O) groups excluding carboxylic acids is 1. The monoisotopic (exact) mass is 279 g/mol. The molecule has 0 aromatic carbocycles. The smallest absolute Gasteiger partial charge is 0.269 e. The fourth-order valence-corrected chi connectivity index (χ4v) is 2.07. The van der Waals surface area contributed by atoms with Crippen LogP contribution in [0.4, 0.5) is 0 Å². The number of rotatable bonds is 4. The molecule has 0 spiro atoms. The Labute approximate surface area is 117 Å². The van der Waals surface area contributed by atoms with E-state index in [4.69, 9.17) is 22.7 Å². The third kappa shape index (κ3) is 3.97. The van der Waals surface area contributed by atoms with Crippen LogP contribution >= 0.6 is 12.2 Å². The average Bonchev–Trinajstić information content (AvgIpc) is 2.46. The summed E-state index contributed by atoms with van der Waals surface area (Å²) in [6.45, 7) is 2.23. The number of amides is 1. The van der Waals surface area contributed by atoms with Crippen LogP contribution in [0.2, 0.25) is 0 Å². The molecule has 1 aromatic rings. The quantitative estimate of drug-likeness (QED) is 0.800. The van der Waals surface area contributed by atoms with Crippen molar-refractivity contribution in [3.8, 4) is 0 Å². The van der Waals surface area contributed by atoms with E-state index in [1.165, 1.54) is 6.20 Å². The van der Waals surface area contributed by atoms with Gasteiger partial charge in [-0.05, 0) is 30.9 Å². The first-order valence-corrected chi connectivity index (χ1v) is 6.69. The number of pyridine rings is 1. The molecule has 1 saturated heterocycles. The molecule has 5 nitrogen and oxygen atoms in total. The average molecular weight is 279 g/mol. The van der Waals surface area contributed by atoms with Gasteiger partial charge in [0.2, 0.25) is 0 Å². The van der Waals surface area contributed by atoms with E-state index < -0.39 is 0 Å². The van der Waals surface area contributed by atoms with Crippen molar-refractivity contribution < 1.29 is 9.53 Å². The highest BCUT2D eigenvalue weighted by Crippen LogP contribution is 2.13. The second-order valence-electron chi connectivity index (χ2n) is 4.56. The number of nitrogens with zero attached hydrogens (tertiary/aromatic N) is 1. The van der Waals surface area contributed by atoms with Crippen LogP contribution in [0.5, 0.6) is 0 Å².